The Morgan fingerprint density at radius 1 is 1.39 bits per heavy atom. The molecule has 0 aliphatic heterocycles. The molecule has 0 heterocycles. The van der Waals surface area contributed by atoms with Crippen molar-refractivity contribution >= 4 is 17.9 Å². The van der Waals surface area contributed by atoms with Crippen LogP contribution in [0.15, 0.2) is 0 Å². The van der Waals surface area contributed by atoms with Gasteiger partial charge in [-0.1, -0.05) is 13.3 Å². The molecule has 0 fully saturated rings. The van der Waals surface area contributed by atoms with Gasteiger partial charge in [0.25, 0.3) is 0 Å². The monoisotopic (exact) mass is 259 g/mol. The van der Waals surface area contributed by atoms with E-state index in [9.17, 15) is 14.4 Å². The summed E-state index contributed by atoms with van der Waals surface area (Å²) < 4.78 is 0. The Morgan fingerprint density at radius 2 is 1.94 bits per heavy atom. The van der Waals surface area contributed by atoms with E-state index in [4.69, 9.17) is 10.8 Å². The molecule has 0 aliphatic rings. The summed E-state index contributed by atoms with van der Waals surface area (Å²) in [4.78, 5) is 33.3. The van der Waals surface area contributed by atoms with Crippen molar-refractivity contribution in [3.63, 3.8) is 0 Å². The molecule has 0 aliphatic carbocycles. The predicted octanol–water partition coefficient (Wildman–Crippen LogP) is 0.193. The number of urea groups is 1. The molecule has 104 valence electrons. The van der Waals surface area contributed by atoms with Crippen LogP contribution in [-0.2, 0) is 9.59 Å². The van der Waals surface area contributed by atoms with E-state index in [1.807, 2.05) is 6.92 Å². The van der Waals surface area contributed by atoms with Crippen LogP contribution in [0.5, 0.6) is 0 Å². The highest BCUT2D eigenvalue weighted by Crippen LogP contribution is 2.12. The SMILES string of the molecule is CCCC(C)(NC(=O)NC(C)CC(N)=O)C(=O)O. The average Bonchev–Trinajstić information content (AvgIpc) is 2.14. The highest BCUT2D eigenvalue weighted by atomic mass is 16.4. The molecule has 0 saturated carbocycles. The van der Waals surface area contributed by atoms with Crippen LogP contribution >= 0.6 is 0 Å². The summed E-state index contributed by atoms with van der Waals surface area (Å²) in [5.41, 5.74) is 3.67. The van der Waals surface area contributed by atoms with Crippen molar-refractivity contribution in [2.24, 2.45) is 5.73 Å². The maximum atomic E-state index is 11.6. The van der Waals surface area contributed by atoms with Gasteiger partial charge in [0.2, 0.25) is 5.91 Å². The minimum atomic E-state index is -1.31. The Hall–Kier alpha value is -1.79. The zero-order valence-corrected chi connectivity index (χ0v) is 10.9. The lowest BCUT2D eigenvalue weighted by molar-refractivity contribution is -0.144. The highest BCUT2D eigenvalue weighted by molar-refractivity contribution is 5.86. The third-order valence-electron chi connectivity index (χ3n) is 2.50. The number of nitrogens with one attached hydrogen (secondary N) is 2. The molecule has 0 spiro atoms. The Kier molecular flexibility index (Phi) is 6.15. The van der Waals surface area contributed by atoms with Gasteiger partial charge < -0.3 is 21.5 Å². The van der Waals surface area contributed by atoms with Crippen molar-refractivity contribution in [2.45, 2.75) is 51.6 Å². The molecule has 7 heteroatoms. The fraction of sp³-hybridized carbons (Fsp3) is 0.727. The third-order valence-corrected chi connectivity index (χ3v) is 2.50. The average molecular weight is 259 g/mol. The minimum Gasteiger partial charge on any atom is -0.480 e. The number of hydrogen-bond acceptors (Lipinski definition) is 3. The van der Waals surface area contributed by atoms with Crippen LogP contribution in [0.3, 0.4) is 0 Å². The number of carbonyl (C=O) groups is 3. The molecular weight excluding hydrogens is 238 g/mol. The summed E-state index contributed by atoms with van der Waals surface area (Å²) in [6.07, 6.45) is 0.949. The van der Waals surface area contributed by atoms with Crippen LogP contribution in [0.2, 0.25) is 0 Å². The summed E-state index contributed by atoms with van der Waals surface area (Å²) in [6.45, 7) is 4.88. The Labute approximate surface area is 106 Å². The smallest absolute Gasteiger partial charge is 0.329 e. The second-order valence-corrected chi connectivity index (χ2v) is 4.56. The number of nitrogens with two attached hydrogens (primary N) is 1. The highest BCUT2D eigenvalue weighted by Gasteiger charge is 2.34. The fourth-order valence-electron chi connectivity index (χ4n) is 1.59. The molecule has 3 amide bonds. The zero-order chi connectivity index (χ0) is 14.3. The van der Waals surface area contributed by atoms with Gasteiger partial charge >= 0.3 is 12.0 Å². The van der Waals surface area contributed by atoms with Gasteiger partial charge in [-0.05, 0) is 20.3 Å². The number of carboxylic acid groups (broad SMARTS) is 1. The quantitative estimate of drug-likeness (QED) is 0.521. The standard InChI is InChI=1S/C11H21N3O4/c1-4-5-11(3,9(16)17)14-10(18)13-7(2)6-8(12)15/h7H,4-6H2,1-3H3,(H2,12,15)(H,16,17)(H2,13,14,18). The Balaban J connectivity index is 4.44. The lowest BCUT2D eigenvalue weighted by atomic mass is 9.96. The predicted molar refractivity (Wildman–Crippen MR) is 65.9 cm³/mol. The number of primary amides is 1. The summed E-state index contributed by atoms with van der Waals surface area (Å²) in [7, 11) is 0. The Morgan fingerprint density at radius 3 is 2.33 bits per heavy atom. The van der Waals surface area contributed by atoms with Crippen molar-refractivity contribution in [1.29, 1.82) is 0 Å². The van der Waals surface area contributed by atoms with Gasteiger partial charge in [-0.2, -0.15) is 0 Å². The first-order valence-electron chi connectivity index (χ1n) is 5.81. The molecule has 5 N–H and O–H groups in total. The zero-order valence-electron chi connectivity index (χ0n) is 10.9. The first-order chi connectivity index (χ1) is 8.21. The molecule has 0 radical (unpaired) electrons. The van der Waals surface area contributed by atoms with E-state index in [0.29, 0.717) is 12.8 Å². The third kappa shape index (κ3) is 5.51. The molecule has 0 rings (SSSR count). The van der Waals surface area contributed by atoms with Crippen molar-refractivity contribution in [3.8, 4) is 0 Å². The van der Waals surface area contributed by atoms with E-state index in [2.05, 4.69) is 10.6 Å². The molecular formula is C11H21N3O4. The molecule has 2 unspecified atom stereocenters. The van der Waals surface area contributed by atoms with Gasteiger partial charge in [-0.15, -0.1) is 0 Å². The van der Waals surface area contributed by atoms with Gasteiger partial charge in [0, 0.05) is 12.5 Å². The number of amides is 3. The molecule has 18 heavy (non-hydrogen) atoms. The van der Waals surface area contributed by atoms with Gasteiger partial charge in [0.05, 0.1) is 0 Å². The van der Waals surface area contributed by atoms with Crippen LogP contribution in [0, 0.1) is 0 Å². The summed E-state index contributed by atoms with van der Waals surface area (Å²) in [6, 6.07) is -1.07. The fourth-order valence-corrected chi connectivity index (χ4v) is 1.59. The van der Waals surface area contributed by atoms with Crippen molar-refractivity contribution < 1.29 is 19.5 Å². The van der Waals surface area contributed by atoms with E-state index < -0.39 is 29.5 Å². The number of aliphatic carboxylic acids is 1. The van der Waals surface area contributed by atoms with Crippen LogP contribution < -0.4 is 16.4 Å². The molecule has 0 aromatic rings. The summed E-state index contributed by atoms with van der Waals surface area (Å²) in [5, 5.41) is 13.9. The molecule has 0 aromatic heterocycles. The van der Waals surface area contributed by atoms with E-state index in [1.54, 1.807) is 6.92 Å². The topological polar surface area (TPSA) is 122 Å². The van der Waals surface area contributed by atoms with Gasteiger partial charge in [0.1, 0.15) is 5.54 Å². The van der Waals surface area contributed by atoms with Crippen molar-refractivity contribution in [1.82, 2.24) is 10.6 Å². The minimum absolute atomic E-state index is 0.00494. The van der Waals surface area contributed by atoms with Gasteiger partial charge in [-0.3, -0.25) is 4.79 Å². The van der Waals surface area contributed by atoms with Crippen LogP contribution in [0.4, 0.5) is 4.79 Å². The first kappa shape index (κ1) is 16.2. The molecule has 7 nitrogen and oxygen atoms in total. The lowest BCUT2D eigenvalue weighted by Gasteiger charge is -2.26. The van der Waals surface area contributed by atoms with Gasteiger partial charge in [-0.25, -0.2) is 9.59 Å². The summed E-state index contributed by atoms with van der Waals surface area (Å²) >= 11 is 0. The maximum absolute atomic E-state index is 11.6. The van der Waals surface area contributed by atoms with Crippen molar-refractivity contribution in [3.05, 3.63) is 0 Å². The van der Waals surface area contributed by atoms with Crippen molar-refractivity contribution in [2.75, 3.05) is 0 Å². The lowest BCUT2D eigenvalue weighted by Crippen LogP contribution is -2.56. The van der Waals surface area contributed by atoms with Crippen LogP contribution in [0.1, 0.15) is 40.0 Å². The van der Waals surface area contributed by atoms with Crippen LogP contribution in [-0.4, -0.2) is 34.6 Å². The van der Waals surface area contributed by atoms with E-state index >= 15 is 0 Å². The molecule has 0 saturated heterocycles. The second kappa shape index (κ2) is 6.83. The number of carbonyl (C=O) groups excluding carboxylic acids is 2. The normalized spacial score (nSPS) is 15.3. The molecule has 0 bridgehead atoms. The summed E-state index contributed by atoms with van der Waals surface area (Å²) in [5.74, 6) is -1.63. The number of rotatable bonds is 7. The van der Waals surface area contributed by atoms with E-state index in [0.717, 1.165) is 0 Å². The largest absolute Gasteiger partial charge is 0.480 e. The molecule has 0 aromatic carbocycles. The number of carboxylic acids is 1. The van der Waals surface area contributed by atoms with E-state index in [-0.39, 0.29) is 6.42 Å². The maximum Gasteiger partial charge on any atom is 0.329 e. The van der Waals surface area contributed by atoms with Crippen LogP contribution in [0.25, 0.3) is 0 Å². The second-order valence-electron chi connectivity index (χ2n) is 4.56. The van der Waals surface area contributed by atoms with Gasteiger partial charge in [0.15, 0.2) is 0 Å². The number of hydrogen-bond donors (Lipinski definition) is 4. The Bertz CT molecular complexity index is 332. The first-order valence-corrected chi connectivity index (χ1v) is 5.81. The van der Waals surface area contributed by atoms with E-state index in [1.165, 1.54) is 6.92 Å². The molecule has 2 atom stereocenters.